The maximum Gasteiger partial charge on any atom is 0.308 e. The Hall–Kier alpha value is -2.41. The van der Waals surface area contributed by atoms with E-state index in [1.165, 1.54) is 0 Å². The van der Waals surface area contributed by atoms with Gasteiger partial charge in [-0.3, -0.25) is 4.79 Å². The van der Waals surface area contributed by atoms with Crippen molar-refractivity contribution >= 4 is 58.2 Å². The molecule has 0 aliphatic carbocycles. The number of carboxylic acid groups (broad SMARTS) is 1. The van der Waals surface area contributed by atoms with Gasteiger partial charge < -0.3 is 22.5 Å². The minimum Gasteiger partial charge on any atom is -0.481 e. The predicted octanol–water partition coefficient (Wildman–Crippen LogP) is 6.98. The number of nitrogen functional groups attached to an aromatic ring is 1. The molecule has 0 bridgehead atoms. The molecule has 3 heterocycles. The quantitative estimate of drug-likeness (QED) is 0.226. The highest BCUT2D eigenvalue weighted by atomic mass is 35.5. The minimum atomic E-state index is -0.757. The second kappa shape index (κ2) is 18.2. The first kappa shape index (κ1) is 43.0. The average molecular weight is 656 g/mol. The molecule has 0 saturated heterocycles. The van der Waals surface area contributed by atoms with Crippen molar-refractivity contribution in [1.82, 2.24) is 36.7 Å². The van der Waals surface area contributed by atoms with Crippen LogP contribution in [0, 0.1) is 12.3 Å². The van der Waals surface area contributed by atoms with Gasteiger partial charge in [0.1, 0.15) is 5.82 Å². The Labute approximate surface area is 262 Å². The van der Waals surface area contributed by atoms with Crippen LogP contribution in [-0.2, 0) is 15.6 Å². The van der Waals surface area contributed by atoms with Crippen LogP contribution in [0.4, 0.5) is 5.82 Å². The summed E-state index contributed by atoms with van der Waals surface area (Å²) in [5, 5.41) is 31.8. The molecule has 0 saturated carbocycles. The van der Waals surface area contributed by atoms with E-state index in [1.807, 2.05) is 33.8 Å². The number of halogens is 4. The van der Waals surface area contributed by atoms with Crippen molar-refractivity contribution < 1.29 is 15.4 Å². The summed E-state index contributed by atoms with van der Waals surface area (Å²) in [7, 11) is 0. The van der Waals surface area contributed by atoms with Crippen molar-refractivity contribution in [2.75, 3.05) is 5.73 Å². The topological polar surface area (TPSA) is 207 Å². The molecular formula is C26H42Cl4N8O3. The molecule has 0 fully saturated rings. The molecule has 3 aromatic rings. The Kier molecular flexibility index (Phi) is 19.1. The molecule has 3 rings (SSSR count). The van der Waals surface area contributed by atoms with Crippen molar-refractivity contribution in [1.29, 1.82) is 0 Å². The van der Waals surface area contributed by atoms with E-state index in [2.05, 4.69) is 51.4 Å². The third kappa shape index (κ3) is 17.9. The number of anilines is 1. The summed E-state index contributed by atoms with van der Waals surface area (Å²) < 4.78 is 0. The summed E-state index contributed by atoms with van der Waals surface area (Å²) >= 11 is 22.3. The molecule has 8 N–H and O–H groups in total. The van der Waals surface area contributed by atoms with Crippen LogP contribution in [-0.4, -0.2) is 47.1 Å². The van der Waals surface area contributed by atoms with Gasteiger partial charge in [-0.25, -0.2) is 0 Å². The van der Waals surface area contributed by atoms with Crippen LogP contribution in [0.15, 0.2) is 24.3 Å². The fourth-order valence-electron chi connectivity index (χ4n) is 2.41. The zero-order valence-electron chi connectivity index (χ0n) is 25.1. The number of carbonyl (C=O) groups is 1. The van der Waals surface area contributed by atoms with Gasteiger partial charge in [0.2, 0.25) is 0 Å². The summed E-state index contributed by atoms with van der Waals surface area (Å²) in [5.74, 6) is -0.266. The molecule has 0 atom stereocenters. The Morgan fingerprint density at radius 2 is 1.10 bits per heavy atom. The summed E-state index contributed by atoms with van der Waals surface area (Å²) in [6.07, 6.45) is 0. The van der Waals surface area contributed by atoms with Crippen LogP contribution in [0.1, 0.15) is 79.1 Å². The second-order valence-corrected chi connectivity index (χ2v) is 12.9. The molecule has 0 aliphatic heterocycles. The second-order valence-electron chi connectivity index (χ2n) is 11.4. The van der Waals surface area contributed by atoms with Gasteiger partial charge >= 0.3 is 5.97 Å². The molecule has 15 heteroatoms. The van der Waals surface area contributed by atoms with E-state index in [4.69, 9.17) is 57.2 Å². The largest absolute Gasteiger partial charge is 0.481 e. The maximum absolute atomic E-state index is 10.0. The van der Waals surface area contributed by atoms with Gasteiger partial charge in [0, 0.05) is 0 Å². The number of hydrogen-bond donors (Lipinski definition) is 3. The number of aromatic nitrogens is 6. The molecule has 0 unspecified atom stereocenters. The molecule has 3 aromatic heterocycles. The van der Waals surface area contributed by atoms with Crippen LogP contribution in [0.3, 0.4) is 0 Å². The van der Waals surface area contributed by atoms with E-state index in [0.29, 0.717) is 26.4 Å². The van der Waals surface area contributed by atoms with Crippen molar-refractivity contribution in [2.45, 2.75) is 80.1 Å². The van der Waals surface area contributed by atoms with E-state index in [9.17, 15) is 4.79 Å². The summed E-state index contributed by atoms with van der Waals surface area (Å²) in [5.41, 5.74) is 8.05. The van der Waals surface area contributed by atoms with Gasteiger partial charge in [0.25, 0.3) is 0 Å². The highest BCUT2D eigenvalue weighted by Crippen LogP contribution is 2.28. The lowest BCUT2D eigenvalue weighted by Crippen LogP contribution is -2.18. The SMILES string of the molecule is CC(C)(C)C(=O)O.CC(C)(C)c1cc(Cl)nnc1Cl.Cc1nnc(N)cc1C(C)(C)C.Clc1ccc(Cl)nn1.N.O. The van der Waals surface area contributed by atoms with Crippen molar-refractivity contribution in [3.8, 4) is 0 Å². The first-order valence-corrected chi connectivity index (χ1v) is 13.2. The maximum atomic E-state index is 10.0. The zero-order chi connectivity index (χ0) is 30.8. The van der Waals surface area contributed by atoms with Gasteiger partial charge in [-0.1, -0.05) is 87.9 Å². The Bertz CT molecular complexity index is 1130. The van der Waals surface area contributed by atoms with E-state index in [-0.39, 0.29) is 22.5 Å². The van der Waals surface area contributed by atoms with Crippen LogP contribution in [0.2, 0.25) is 20.6 Å². The molecule has 0 spiro atoms. The molecule has 0 radical (unpaired) electrons. The lowest BCUT2D eigenvalue weighted by molar-refractivity contribution is -0.145. The number of carboxylic acids is 1. The lowest BCUT2D eigenvalue weighted by atomic mass is 9.86. The fraction of sp³-hybridized carbons (Fsp3) is 0.500. The van der Waals surface area contributed by atoms with Gasteiger partial charge in [-0.15, -0.1) is 25.5 Å². The standard InChI is InChI=1S/C9H15N3.C8H10Cl2N2.C5H10O2.C4H2Cl2N2.H3N.H2O/c1-6-7(9(2,3)4)5-8(10)12-11-6;1-8(2,3)5-4-6(9)11-12-7(5)10;1-5(2,3)4(6)7;5-3-1-2-4(6)8-7-3;;/h5H,1-4H3,(H2,10,12);4H,1-3H3;1-3H3,(H,6,7);1-2H;1H3;1H2. The molecule has 0 aromatic carbocycles. The third-order valence-electron chi connectivity index (χ3n) is 4.57. The summed E-state index contributed by atoms with van der Waals surface area (Å²) in [6, 6.07) is 6.80. The van der Waals surface area contributed by atoms with Gasteiger partial charge in [-0.05, 0) is 73.9 Å². The van der Waals surface area contributed by atoms with Crippen LogP contribution in [0.5, 0.6) is 0 Å². The van der Waals surface area contributed by atoms with Crippen LogP contribution >= 0.6 is 46.4 Å². The third-order valence-corrected chi connectivity index (χ3v) is 5.44. The Balaban J connectivity index is -0.000000474. The number of hydrogen-bond acceptors (Lipinski definition) is 9. The number of aryl methyl sites for hydroxylation is 1. The van der Waals surface area contributed by atoms with E-state index < -0.39 is 11.4 Å². The van der Waals surface area contributed by atoms with Gasteiger partial charge in [-0.2, -0.15) is 5.10 Å². The molecule has 232 valence electrons. The Morgan fingerprint density at radius 1 is 0.707 bits per heavy atom. The van der Waals surface area contributed by atoms with Crippen LogP contribution in [0.25, 0.3) is 0 Å². The van der Waals surface area contributed by atoms with Crippen molar-refractivity contribution in [3.63, 3.8) is 0 Å². The highest BCUT2D eigenvalue weighted by Gasteiger charge is 2.20. The number of nitrogens with two attached hydrogens (primary N) is 1. The Morgan fingerprint density at radius 3 is 1.39 bits per heavy atom. The smallest absolute Gasteiger partial charge is 0.308 e. The van der Waals surface area contributed by atoms with Crippen LogP contribution < -0.4 is 11.9 Å². The predicted molar refractivity (Wildman–Crippen MR) is 168 cm³/mol. The fourth-order valence-corrected chi connectivity index (χ4v) is 3.13. The molecular weight excluding hydrogens is 614 g/mol. The zero-order valence-corrected chi connectivity index (χ0v) is 28.2. The first-order valence-electron chi connectivity index (χ1n) is 11.7. The monoisotopic (exact) mass is 654 g/mol. The number of rotatable bonds is 0. The van der Waals surface area contributed by atoms with E-state index >= 15 is 0 Å². The molecule has 0 aliphatic rings. The normalized spacial score (nSPS) is 10.6. The number of nitrogens with zero attached hydrogens (tertiary/aromatic N) is 6. The highest BCUT2D eigenvalue weighted by molar-refractivity contribution is 6.32. The minimum absolute atomic E-state index is 0. The summed E-state index contributed by atoms with van der Waals surface area (Å²) in [4.78, 5) is 10.0. The van der Waals surface area contributed by atoms with Crippen molar-refractivity contribution in [3.05, 3.63) is 61.7 Å². The lowest BCUT2D eigenvalue weighted by Gasteiger charge is -2.20. The molecule has 41 heavy (non-hydrogen) atoms. The number of aliphatic carboxylic acids is 1. The van der Waals surface area contributed by atoms with Gasteiger partial charge in [0.15, 0.2) is 20.6 Å². The average Bonchev–Trinajstić information content (AvgIpc) is 2.78. The first-order chi connectivity index (χ1) is 17.6. The molecule has 0 amide bonds. The van der Waals surface area contributed by atoms with E-state index in [1.54, 1.807) is 39.0 Å². The summed E-state index contributed by atoms with van der Waals surface area (Å²) in [6.45, 7) is 19.5. The van der Waals surface area contributed by atoms with Crippen molar-refractivity contribution in [2.24, 2.45) is 5.41 Å². The molecule has 11 nitrogen and oxygen atoms in total. The van der Waals surface area contributed by atoms with Gasteiger partial charge in [0.05, 0.1) is 11.1 Å². The van der Waals surface area contributed by atoms with E-state index in [0.717, 1.165) is 16.8 Å².